The topological polar surface area (TPSA) is 58.2 Å². The molecule has 0 aliphatic heterocycles. The molecular formula is C18H18F2N2O2S2. The number of anilines is 2. The smallest absolute Gasteiger partial charge is 0.288 e. The Kier molecular flexibility index (Phi) is 7.93. The molecule has 0 fully saturated rings. The molecule has 0 saturated carbocycles. The molecule has 0 bridgehead atoms. The fourth-order valence-corrected chi connectivity index (χ4v) is 3.10. The summed E-state index contributed by atoms with van der Waals surface area (Å²) in [5.74, 6) is -2.63. The Labute approximate surface area is 159 Å². The fraction of sp³-hybridized carbons (Fsp3) is 0.222. The highest BCUT2D eigenvalue weighted by molar-refractivity contribution is 8.00. The van der Waals surface area contributed by atoms with Crippen molar-refractivity contribution in [2.45, 2.75) is 17.6 Å². The number of alkyl halides is 2. The molecule has 8 heteroatoms. The van der Waals surface area contributed by atoms with Gasteiger partial charge in [-0.3, -0.25) is 9.59 Å². The van der Waals surface area contributed by atoms with E-state index in [0.717, 1.165) is 5.56 Å². The van der Waals surface area contributed by atoms with Crippen molar-refractivity contribution in [1.29, 1.82) is 0 Å². The minimum atomic E-state index is -2.47. The number of carbonyl (C=O) groups excluding carboxylic acids is 2. The quantitative estimate of drug-likeness (QED) is 0.639. The molecule has 2 rings (SSSR count). The molecule has 2 amide bonds. The molecule has 0 saturated heterocycles. The molecule has 2 aromatic rings. The van der Waals surface area contributed by atoms with Crippen LogP contribution in [0.2, 0.25) is 0 Å². The summed E-state index contributed by atoms with van der Waals surface area (Å²) in [6, 6.07) is 13.6. The first kappa shape index (κ1) is 20.3. The van der Waals surface area contributed by atoms with Crippen LogP contribution in [0, 0.1) is 6.92 Å². The van der Waals surface area contributed by atoms with Crippen LogP contribution in [0.4, 0.5) is 20.2 Å². The molecule has 0 atom stereocenters. The van der Waals surface area contributed by atoms with Gasteiger partial charge in [-0.2, -0.15) is 8.78 Å². The molecule has 4 nitrogen and oxygen atoms in total. The third kappa shape index (κ3) is 7.45. The van der Waals surface area contributed by atoms with E-state index in [-0.39, 0.29) is 23.3 Å². The number of aryl methyl sites for hydroxylation is 1. The second-order valence-corrected chi connectivity index (χ2v) is 7.41. The number of halogens is 2. The summed E-state index contributed by atoms with van der Waals surface area (Å²) >= 11 is 1.65. The van der Waals surface area contributed by atoms with E-state index in [4.69, 9.17) is 0 Å². The fourth-order valence-electron chi connectivity index (χ4n) is 1.99. The van der Waals surface area contributed by atoms with Crippen LogP contribution in [0.25, 0.3) is 0 Å². The zero-order chi connectivity index (χ0) is 18.9. The van der Waals surface area contributed by atoms with Crippen LogP contribution in [0.5, 0.6) is 0 Å². The van der Waals surface area contributed by atoms with E-state index in [9.17, 15) is 18.4 Å². The molecule has 0 radical (unpaired) electrons. The van der Waals surface area contributed by atoms with Crippen LogP contribution in [0.3, 0.4) is 0 Å². The Bertz CT molecular complexity index is 738. The molecule has 138 valence electrons. The number of rotatable bonds is 8. The molecule has 0 aliphatic carbocycles. The van der Waals surface area contributed by atoms with Gasteiger partial charge in [0, 0.05) is 16.3 Å². The summed E-state index contributed by atoms with van der Waals surface area (Å²) in [7, 11) is 0. The maximum absolute atomic E-state index is 12.2. The van der Waals surface area contributed by atoms with Crippen molar-refractivity contribution in [1.82, 2.24) is 0 Å². The summed E-state index contributed by atoms with van der Waals surface area (Å²) in [6.45, 7) is 1.96. The van der Waals surface area contributed by atoms with Gasteiger partial charge in [0.15, 0.2) is 0 Å². The van der Waals surface area contributed by atoms with Crippen molar-refractivity contribution >= 4 is 46.7 Å². The zero-order valence-corrected chi connectivity index (χ0v) is 15.6. The number of carbonyl (C=O) groups is 2. The van der Waals surface area contributed by atoms with Gasteiger partial charge in [-0.05, 0) is 43.3 Å². The summed E-state index contributed by atoms with van der Waals surface area (Å²) in [5.41, 5.74) is 2.35. The first-order valence-electron chi connectivity index (χ1n) is 7.71. The third-order valence-electron chi connectivity index (χ3n) is 3.16. The van der Waals surface area contributed by atoms with Gasteiger partial charge in [-0.1, -0.05) is 29.5 Å². The molecule has 0 unspecified atom stereocenters. The van der Waals surface area contributed by atoms with Crippen molar-refractivity contribution in [3.63, 3.8) is 0 Å². The highest BCUT2D eigenvalue weighted by Gasteiger charge is 2.08. The van der Waals surface area contributed by atoms with Gasteiger partial charge >= 0.3 is 0 Å². The first-order valence-corrected chi connectivity index (χ1v) is 9.75. The van der Waals surface area contributed by atoms with Crippen molar-refractivity contribution in [3.05, 3.63) is 54.1 Å². The molecular weight excluding hydrogens is 378 g/mol. The molecule has 2 N–H and O–H groups in total. The first-order chi connectivity index (χ1) is 12.4. The summed E-state index contributed by atoms with van der Waals surface area (Å²) in [6.07, 6.45) is 0. The van der Waals surface area contributed by atoms with Gasteiger partial charge in [0.2, 0.25) is 11.8 Å². The van der Waals surface area contributed by atoms with E-state index in [1.165, 1.54) is 23.9 Å². The highest BCUT2D eigenvalue weighted by atomic mass is 32.2. The van der Waals surface area contributed by atoms with Crippen LogP contribution in [-0.2, 0) is 9.59 Å². The largest absolute Gasteiger partial charge is 0.325 e. The monoisotopic (exact) mass is 396 g/mol. The maximum atomic E-state index is 12.2. The Balaban J connectivity index is 1.69. The third-order valence-corrected chi connectivity index (χ3v) is 4.82. The van der Waals surface area contributed by atoms with E-state index >= 15 is 0 Å². The summed E-state index contributed by atoms with van der Waals surface area (Å²) in [4.78, 5) is 24.1. The van der Waals surface area contributed by atoms with Gasteiger partial charge in [-0.25, -0.2) is 0 Å². The Morgan fingerprint density at radius 1 is 0.885 bits per heavy atom. The Morgan fingerprint density at radius 2 is 1.35 bits per heavy atom. The van der Waals surface area contributed by atoms with E-state index in [1.54, 1.807) is 12.1 Å². The van der Waals surface area contributed by atoms with Gasteiger partial charge in [0.05, 0.1) is 11.5 Å². The summed E-state index contributed by atoms with van der Waals surface area (Å²) < 4.78 is 24.5. The molecule has 0 spiro atoms. The second-order valence-electron chi connectivity index (χ2n) is 5.36. The van der Waals surface area contributed by atoms with E-state index < -0.39 is 5.76 Å². The lowest BCUT2D eigenvalue weighted by Gasteiger charge is -2.07. The van der Waals surface area contributed by atoms with Gasteiger partial charge in [0.25, 0.3) is 5.76 Å². The van der Waals surface area contributed by atoms with Crippen LogP contribution in [0.1, 0.15) is 5.56 Å². The number of benzene rings is 2. The van der Waals surface area contributed by atoms with Crippen molar-refractivity contribution in [2.75, 3.05) is 22.1 Å². The number of thioether (sulfide) groups is 2. The molecule has 0 heterocycles. The van der Waals surface area contributed by atoms with Gasteiger partial charge < -0.3 is 10.6 Å². The van der Waals surface area contributed by atoms with Crippen LogP contribution >= 0.6 is 23.5 Å². The minimum absolute atomic E-state index is 0.120. The minimum Gasteiger partial charge on any atom is -0.325 e. The van der Waals surface area contributed by atoms with Gasteiger partial charge in [-0.15, -0.1) is 11.8 Å². The number of nitrogens with one attached hydrogen (secondary N) is 2. The second kappa shape index (κ2) is 10.2. The highest BCUT2D eigenvalue weighted by Crippen LogP contribution is 2.26. The number of hydrogen-bond donors (Lipinski definition) is 2. The molecule has 2 aromatic carbocycles. The van der Waals surface area contributed by atoms with Crippen LogP contribution in [-0.4, -0.2) is 29.1 Å². The lowest BCUT2D eigenvalue weighted by molar-refractivity contribution is -0.114. The van der Waals surface area contributed by atoms with Crippen molar-refractivity contribution in [3.8, 4) is 0 Å². The van der Waals surface area contributed by atoms with E-state index in [0.29, 0.717) is 28.0 Å². The lowest BCUT2D eigenvalue weighted by Crippen LogP contribution is -2.18. The van der Waals surface area contributed by atoms with E-state index in [2.05, 4.69) is 10.6 Å². The Morgan fingerprint density at radius 3 is 1.81 bits per heavy atom. The normalized spacial score (nSPS) is 10.6. The lowest BCUT2D eigenvalue weighted by atomic mass is 10.2. The predicted octanol–water partition coefficient (Wildman–Crippen LogP) is 4.62. The average molecular weight is 396 g/mol. The SMILES string of the molecule is Cc1ccc(NC(=O)CSCC(=O)Nc2ccc(SC(F)F)cc2)cc1. The summed E-state index contributed by atoms with van der Waals surface area (Å²) in [5, 5.41) is 5.42. The van der Waals surface area contributed by atoms with E-state index in [1.807, 2.05) is 31.2 Å². The standard InChI is InChI=1S/C18H18F2N2O2S2/c1-12-2-4-13(5-3-12)21-16(23)10-25-11-17(24)22-14-6-8-15(9-7-14)26-18(19)20/h2-9,18H,10-11H2,1H3,(H,21,23)(H,22,24). The molecule has 26 heavy (non-hydrogen) atoms. The Hall–Kier alpha value is -2.06. The van der Waals surface area contributed by atoms with Crippen LogP contribution < -0.4 is 10.6 Å². The van der Waals surface area contributed by atoms with Crippen LogP contribution in [0.15, 0.2) is 53.4 Å². The zero-order valence-electron chi connectivity index (χ0n) is 14.0. The number of amides is 2. The number of hydrogen-bond acceptors (Lipinski definition) is 4. The average Bonchev–Trinajstić information content (AvgIpc) is 2.58. The maximum Gasteiger partial charge on any atom is 0.288 e. The predicted molar refractivity (Wildman–Crippen MR) is 104 cm³/mol. The van der Waals surface area contributed by atoms with Gasteiger partial charge in [0.1, 0.15) is 0 Å². The van der Waals surface area contributed by atoms with Crippen molar-refractivity contribution in [2.24, 2.45) is 0 Å². The molecule has 0 aliphatic rings. The molecule has 0 aromatic heterocycles. The van der Waals surface area contributed by atoms with Crippen molar-refractivity contribution < 1.29 is 18.4 Å².